The van der Waals surface area contributed by atoms with Crippen molar-refractivity contribution in [2.75, 3.05) is 13.1 Å². The van der Waals surface area contributed by atoms with Crippen LogP contribution in [0.15, 0.2) is 22.7 Å². The molecule has 0 bridgehead atoms. The average molecular weight is 335 g/mol. The Morgan fingerprint density at radius 1 is 1.37 bits per heavy atom. The summed E-state index contributed by atoms with van der Waals surface area (Å²) < 4.78 is 1.22. The van der Waals surface area contributed by atoms with Crippen molar-refractivity contribution in [1.82, 2.24) is 10.3 Å². The topological polar surface area (TPSA) is 24.9 Å². The molecule has 0 radical (unpaired) electrons. The molecule has 1 unspecified atom stereocenters. The van der Waals surface area contributed by atoms with Gasteiger partial charge in [0.15, 0.2) is 0 Å². The van der Waals surface area contributed by atoms with Gasteiger partial charge < -0.3 is 5.32 Å². The molecule has 2 aliphatic rings. The van der Waals surface area contributed by atoms with E-state index in [0.717, 1.165) is 19.5 Å². The van der Waals surface area contributed by atoms with Crippen LogP contribution in [0.3, 0.4) is 0 Å². The van der Waals surface area contributed by atoms with Gasteiger partial charge in [0.2, 0.25) is 0 Å². The lowest BCUT2D eigenvalue weighted by atomic mass is 10.0. The minimum Gasteiger partial charge on any atom is -0.316 e. The molecular formula is C15H15BrN2S. The van der Waals surface area contributed by atoms with E-state index in [4.69, 9.17) is 4.98 Å². The van der Waals surface area contributed by atoms with Gasteiger partial charge in [0.05, 0.1) is 10.7 Å². The molecule has 1 aliphatic carbocycles. The number of rotatable bonds is 1. The third-order valence-electron chi connectivity index (χ3n) is 4.07. The van der Waals surface area contributed by atoms with Gasteiger partial charge in [-0.1, -0.05) is 28.1 Å². The van der Waals surface area contributed by atoms with Crippen LogP contribution in [0, 0.1) is 0 Å². The summed E-state index contributed by atoms with van der Waals surface area (Å²) in [6.45, 7) is 2.26. The standard InChI is InChI=1S/C15H15BrN2S/c16-12-5-1-4-10-11(12)7-13-14(10)18-15(19-13)9-3-2-6-17-8-9/h1,4-5,9,17H,2-3,6-8H2. The molecule has 1 aromatic heterocycles. The third-order valence-corrected chi connectivity index (χ3v) is 6.03. The molecule has 1 aromatic carbocycles. The second kappa shape index (κ2) is 4.69. The Hall–Kier alpha value is -0.710. The summed E-state index contributed by atoms with van der Waals surface area (Å²) in [4.78, 5) is 6.40. The van der Waals surface area contributed by atoms with Crippen LogP contribution in [0.25, 0.3) is 11.3 Å². The van der Waals surface area contributed by atoms with Crippen LogP contribution in [0.2, 0.25) is 0 Å². The number of halogens is 1. The van der Waals surface area contributed by atoms with Crippen molar-refractivity contribution in [1.29, 1.82) is 0 Å². The van der Waals surface area contributed by atoms with Crippen LogP contribution in [-0.4, -0.2) is 18.1 Å². The summed E-state index contributed by atoms with van der Waals surface area (Å²) in [6, 6.07) is 6.44. The van der Waals surface area contributed by atoms with Crippen LogP contribution in [0.1, 0.15) is 34.2 Å². The lowest BCUT2D eigenvalue weighted by Gasteiger charge is -2.20. The molecular weight excluding hydrogens is 320 g/mol. The molecule has 2 nitrogen and oxygen atoms in total. The molecule has 1 saturated heterocycles. The SMILES string of the molecule is Brc1cccc2c1Cc1sc(C3CCCNC3)nc1-2. The first kappa shape index (κ1) is 12.1. The quantitative estimate of drug-likeness (QED) is 0.728. The third kappa shape index (κ3) is 1.97. The molecule has 0 spiro atoms. The fourth-order valence-corrected chi connectivity index (χ4v) is 4.79. The molecule has 1 aliphatic heterocycles. The average Bonchev–Trinajstić information content (AvgIpc) is 2.99. The van der Waals surface area contributed by atoms with E-state index in [9.17, 15) is 0 Å². The monoisotopic (exact) mass is 334 g/mol. The van der Waals surface area contributed by atoms with Gasteiger partial charge in [-0.05, 0) is 31.0 Å². The number of nitrogens with zero attached hydrogens (tertiary/aromatic N) is 1. The van der Waals surface area contributed by atoms with Crippen molar-refractivity contribution in [3.05, 3.63) is 38.1 Å². The normalized spacial score (nSPS) is 21.2. The van der Waals surface area contributed by atoms with Gasteiger partial charge in [-0.2, -0.15) is 0 Å². The molecule has 1 N–H and O–H groups in total. The zero-order valence-corrected chi connectivity index (χ0v) is 13.0. The van der Waals surface area contributed by atoms with Crippen LogP contribution < -0.4 is 5.32 Å². The Morgan fingerprint density at radius 2 is 2.32 bits per heavy atom. The molecule has 19 heavy (non-hydrogen) atoms. The van der Waals surface area contributed by atoms with Gasteiger partial charge in [-0.15, -0.1) is 11.3 Å². The van der Waals surface area contributed by atoms with Crippen molar-refractivity contribution in [3.63, 3.8) is 0 Å². The number of nitrogens with one attached hydrogen (secondary N) is 1. The highest BCUT2D eigenvalue weighted by Crippen LogP contribution is 2.44. The minimum absolute atomic E-state index is 0.625. The Balaban J connectivity index is 1.73. The van der Waals surface area contributed by atoms with Gasteiger partial charge in [-0.25, -0.2) is 4.98 Å². The predicted molar refractivity (Wildman–Crippen MR) is 82.9 cm³/mol. The summed E-state index contributed by atoms with van der Waals surface area (Å²) in [7, 11) is 0. The van der Waals surface area contributed by atoms with E-state index >= 15 is 0 Å². The van der Waals surface area contributed by atoms with E-state index in [-0.39, 0.29) is 0 Å². The Morgan fingerprint density at radius 3 is 3.16 bits per heavy atom. The predicted octanol–water partition coefficient (Wildman–Crippen LogP) is 3.94. The van der Waals surface area contributed by atoms with E-state index in [1.165, 1.54) is 44.0 Å². The van der Waals surface area contributed by atoms with Crippen molar-refractivity contribution in [3.8, 4) is 11.3 Å². The van der Waals surface area contributed by atoms with E-state index in [1.54, 1.807) is 0 Å². The van der Waals surface area contributed by atoms with E-state index in [2.05, 4.69) is 39.4 Å². The van der Waals surface area contributed by atoms with Crippen molar-refractivity contribution >= 4 is 27.3 Å². The zero-order chi connectivity index (χ0) is 12.8. The van der Waals surface area contributed by atoms with Gasteiger partial charge in [0.25, 0.3) is 0 Å². The summed E-state index contributed by atoms with van der Waals surface area (Å²) in [5, 5.41) is 4.82. The second-order valence-electron chi connectivity index (χ2n) is 5.31. The molecule has 4 rings (SSSR count). The maximum Gasteiger partial charge on any atom is 0.0979 e. The molecule has 4 heteroatoms. The fraction of sp³-hybridized carbons (Fsp3) is 0.400. The van der Waals surface area contributed by atoms with Crippen LogP contribution in [0.4, 0.5) is 0 Å². The number of fused-ring (bicyclic) bond motifs is 3. The minimum atomic E-state index is 0.625. The number of hydrogen-bond donors (Lipinski definition) is 1. The van der Waals surface area contributed by atoms with Crippen molar-refractivity contribution < 1.29 is 0 Å². The lowest BCUT2D eigenvalue weighted by Crippen LogP contribution is -2.28. The van der Waals surface area contributed by atoms with Crippen molar-refractivity contribution in [2.24, 2.45) is 0 Å². The van der Waals surface area contributed by atoms with Crippen molar-refractivity contribution in [2.45, 2.75) is 25.2 Å². The van der Waals surface area contributed by atoms with Crippen LogP contribution >= 0.6 is 27.3 Å². The number of piperidine rings is 1. The maximum absolute atomic E-state index is 4.95. The Labute approximate surface area is 125 Å². The van der Waals surface area contributed by atoms with Gasteiger partial charge >= 0.3 is 0 Å². The zero-order valence-electron chi connectivity index (χ0n) is 10.6. The largest absolute Gasteiger partial charge is 0.316 e. The number of hydrogen-bond acceptors (Lipinski definition) is 3. The van der Waals surface area contributed by atoms with Gasteiger partial charge in [0.1, 0.15) is 0 Å². The smallest absolute Gasteiger partial charge is 0.0979 e. The first-order valence-corrected chi connectivity index (χ1v) is 8.42. The van der Waals surface area contributed by atoms with E-state index < -0.39 is 0 Å². The molecule has 2 heterocycles. The highest BCUT2D eigenvalue weighted by atomic mass is 79.9. The molecule has 98 valence electrons. The molecule has 0 amide bonds. The highest BCUT2D eigenvalue weighted by Gasteiger charge is 2.27. The van der Waals surface area contributed by atoms with Gasteiger partial charge in [0, 0.05) is 33.8 Å². The van der Waals surface area contributed by atoms with E-state index in [0.29, 0.717) is 5.92 Å². The Kier molecular flexibility index (Phi) is 2.98. The summed E-state index contributed by atoms with van der Waals surface area (Å²) >= 11 is 5.57. The molecule has 2 aromatic rings. The lowest BCUT2D eigenvalue weighted by molar-refractivity contribution is 0.460. The van der Waals surface area contributed by atoms with E-state index in [1.807, 2.05) is 11.3 Å². The van der Waals surface area contributed by atoms with Crippen LogP contribution in [-0.2, 0) is 6.42 Å². The maximum atomic E-state index is 4.95. The second-order valence-corrected chi connectivity index (χ2v) is 7.28. The fourth-order valence-electron chi connectivity index (χ4n) is 3.06. The van der Waals surface area contributed by atoms with Gasteiger partial charge in [-0.3, -0.25) is 0 Å². The number of benzene rings is 1. The molecule has 1 fully saturated rings. The first-order valence-electron chi connectivity index (χ1n) is 6.81. The number of thiazole rings is 1. The summed E-state index contributed by atoms with van der Waals surface area (Å²) in [5.74, 6) is 0.625. The molecule has 1 atom stereocenters. The number of aromatic nitrogens is 1. The highest BCUT2D eigenvalue weighted by molar-refractivity contribution is 9.10. The first-order chi connectivity index (χ1) is 9.33. The Bertz CT molecular complexity index is 629. The summed E-state index contributed by atoms with van der Waals surface area (Å²) in [6.07, 6.45) is 3.60. The van der Waals surface area contributed by atoms with Crippen LogP contribution in [0.5, 0.6) is 0 Å². The molecule has 0 saturated carbocycles. The summed E-state index contributed by atoms with van der Waals surface area (Å²) in [5.41, 5.74) is 3.97.